The first-order chi connectivity index (χ1) is 11.9. The second-order valence-corrected chi connectivity index (χ2v) is 6.40. The molecule has 0 saturated carbocycles. The third kappa shape index (κ3) is 3.16. The van der Waals surface area contributed by atoms with Gasteiger partial charge in [-0.05, 0) is 26.3 Å². The van der Waals surface area contributed by atoms with Gasteiger partial charge in [-0.25, -0.2) is 9.18 Å². The van der Waals surface area contributed by atoms with Gasteiger partial charge in [-0.2, -0.15) is 0 Å². The second-order valence-electron chi connectivity index (χ2n) is 6.40. The molecule has 0 fully saturated rings. The van der Waals surface area contributed by atoms with Crippen LogP contribution in [0.25, 0.3) is 0 Å². The third-order valence-electron chi connectivity index (χ3n) is 4.26. The molecule has 0 spiro atoms. The molecule has 1 aromatic carbocycles. The molecular formula is C19H20FNO4. The van der Waals surface area contributed by atoms with Crippen LogP contribution in [0.15, 0.2) is 47.1 Å². The highest BCUT2D eigenvalue weighted by Crippen LogP contribution is 2.44. The Labute approximate surface area is 145 Å². The highest BCUT2D eigenvalue weighted by molar-refractivity contribution is 6.03. The molecule has 1 heterocycles. The molecule has 5 nitrogen and oxygen atoms in total. The summed E-state index contributed by atoms with van der Waals surface area (Å²) in [5.74, 6) is -2.00. The van der Waals surface area contributed by atoms with Crippen molar-refractivity contribution < 1.29 is 23.5 Å². The highest BCUT2D eigenvalue weighted by atomic mass is 19.1. The van der Waals surface area contributed by atoms with Gasteiger partial charge >= 0.3 is 5.97 Å². The minimum atomic E-state index is -0.913. The number of nitrogens with two attached hydrogens (primary N) is 1. The number of carbonyl (C=O) groups is 2. The summed E-state index contributed by atoms with van der Waals surface area (Å²) in [7, 11) is 0. The van der Waals surface area contributed by atoms with Gasteiger partial charge in [0.05, 0.1) is 12.0 Å². The summed E-state index contributed by atoms with van der Waals surface area (Å²) in [4.78, 5) is 25.1. The Kier molecular flexibility index (Phi) is 4.61. The van der Waals surface area contributed by atoms with E-state index in [0.717, 1.165) is 0 Å². The quantitative estimate of drug-likeness (QED) is 0.852. The Bertz CT molecular complexity index is 794. The summed E-state index contributed by atoms with van der Waals surface area (Å²) in [6.45, 7) is 3.40. The minimum Gasteiger partial charge on any atom is -0.459 e. The number of Topliss-reactive ketones (excluding diaryl/α,β-unsaturated/α-hetero) is 1. The molecule has 25 heavy (non-hydrogen) atoms. The zero-order valence-corrected chi connectivity index (χ0v) is 14.2. The predicted octanol–water partition coefficient (Wildman–Crippen LogP) is 3.07. The molecule has 1 aliphatic carbocycles. The van der Waals surface area contributed by atoms with Crippen LogP contribution in [0.1, 0.15) is 44.6 Å². The number of ketones is 1. The largest absolute Gasteiger partial charge is 0.459 e. The van der Waals surface area contributed by atoms with E-state index in [2.05, 4.69) is 0 Å². The molecule has 0 unspecified atom stereocenters. The summed E-state index contributed by atoms with van der Waals surface area (Å²) in [6.07, 6.45) is 1.12. The lowest BCUT2D eigenvalue weighted by Gasteiger charge is -2.32. The topological polar surface area (TPSA) is 78.6 Å². The molecule has 1 aromatic rings. The summed E-state index contributed by atoms with van der Waals surface area (Å²) < 4.78 is 25.3. The van der Waals surface area contributed by atoms with Gasteiger partial charge in [-0.15, -0.1) is 0 Å². The van der Waals surface area contributed by atoms with Crippen molar-refractivity contribution in [1.29, 1.82) is 0 Å². The van der Waals surface area contributed by atoms with Crippen LogP contribution in [0.2, 0.25) is 0 Å². The lowest BCUT2D eigenvalue weighted by atomic mass is 9.77. The zero-order valence-electron chi connectivity index (χ0n) is 14.2. The van der Waals surface area contributed by atoms with Gasteiger partial charge < -0.3 is 15.2 Å². The number of hydrogen-bond acceptors (Lipinski definition) is 5. The van der Waals surface area contributed by atoms with Crippen molar-refractivity contribution in [1.82, 2.24) is 0 Å². The molecule has 0 aromatic heterocycles. The molecule has 0 bridgehead atoms. The van der Waals surface area contributed by atoms with Crippen LogP contribution < -0.4 is 5.73 Å². The first kappa shape index (κ1) is 17.2. The number of allylic oxidation sites excluding steroid dienone is 2. The van der Waals surface area contributed by atoms with Crippen molar-refractivity contribution in [3.63, 3.8) is 0 Å². The van der Waals surface area contributed by atoms with Gasteiger partial charge in [0.2, 0.25) is 5.88 Å². The molecule has 1 aliphatic heterocycles. The normalized spacial score (nSPS) is 20.5. The van der Waals surface area contributed by atoms with E-state index in [1.807, 2.05) is 0 Å². The van der Waals surface area contributed by atoms with Crippen LogP contribution in [-0.2, 0) is 19.1 Å². The SMILES string of the molecule is CC(C)OC(=O)C1=C(N)OC2=C(C(=O)CCC2)[C@@H]1c1ccccc1F. The molecule has 0 saturated heterocycles. The van der Waals surface area contributed by atoms with E-state index in [9.17, 15) is 14.0 Å². The van der Waals surface area contributed by atoms with E-state index in [1.165, 1.54) is 6.07 Å². The highest BCUT2D eigenvalue weighted by Gasteiger charge is 2.42. The monoisotopic (exact) mass is 345 g/mol. The number of rotatable bonds is 3. The average molecular weight is 345 g/mol. The van der Waals surface area contributed by atoms with E-state index in [4.69, 9.17) is 15.2 Å². The van der Waals surface area contributed by atoms with Crippen LogP contribution in [0.5, 0.6) is 0 Å². The Balaban J connectivity index is 2.17. The fraction of sp³-hybridized carbons (Fsp3) is 0.368. The Morgan fingerprint density at radius 2 is 2.04 bits per heavy atom. The molecule has 2 aliphatic rings. The Morgan fingerprint density at radius 3 is 2.72 bits per heavy atom. The summed E-state index contributed by atoms with van der Waals surface area (Å²) in [5.41, 5.74) is 6.48. The smallest absolute Gasteiger partial charge is 0.340 e. The van der Waals surface area contributed by atoms with E-state index in [-0.39, 0.29) is 28.9 Å². The molecular weight excluding hydrogens is 325 g/mol. The van der Waals surface area contributed by atoms with Gasteiger partial charge in [0.1, 0.15) is 17.1 Å². The van der Waals surface area contributed by atoms with Gasteiger partial charge in [0.15, 0.2) is 5.78 Å². The zero-order chi connectivity index (χ0) is 18.1. The summed E-state index contributed by atoms with van der Waals surface area (Å²) in [6, 6.07) is 6.05. The maximum absolute atomic E-state index is 14.5. The standard InChI is InChI=1S/C19H20FNO4/c1-10(2)24-19(23)17-15(11-6-3-4-7-12(11)20)16-13(22)8-5-9-14(16)25-18(17)21/h3-4,6-7,10,15H,5,8-9,21H2,1-2H3/t15-/m0/s1. The number of benzene rings is 1. The molecule has 6 heteroatoms. The lowest BCUT2D eigenvalue weighted by Crippen LogP contribution is -2.32. The van der Waals surface area contributed by atoms with E-state index in [1.54, 1.807) is 32.0 Å². The maximum atomic E-state index is 14.5. The first-order valence-electron chi connectivity index (χ1n) is 8.29. The Morgan fingerprint density at radius 1 is 1.32 bits per heavy atom. The van der Waals surface area contributed by atoms with Crippen LogP contribution in [0.3, 0.4) is 0 Å². The maximum Gasteiger partial charge on any atom is 0.340 e. The van der Waals surface area contributed by atoms with Crippen LogP contribution in [0, 0.1) is 5.82 Å². The van der Waals surface area contributed by atoms with Crippen molar-refractivity contribution >= 4 is 11.8 Å². The molecule has 0 radical (unpaired) electrons. The lowest BCUT2D eigenvalue weighted by molar-refractivity contribution is -0.143. The van der Waals surface area contributed by atoms with E-state index in [0.29, 0.717) is 30.6 Å². The number of hydrogen-bond donors (Lipinski definition) is 1. The third-order valence-corrected chi connectivity index (χ3v) is 4.26. The van der Waals surface area contributed by atoms with Crippen molar-refractivity contribution in [2.75, 3.05) is 0 Å². The van der Waals surface area contributed by atoms with Crippen LogP contribution >= 0.6 is 0 Å². The number of carbonyl (C=O) groups excluding carboxylic acids is 2. The molecule has 0 amide bonds. The summed E-state index contributed by atoms with van der Waals surface area (Å²) >= 11 is 0. The van der Waals surface area contributed by atoms with Gasteiger partial charge in [-0.3, -0.25) is 4.79 Å². The van der Waals surface area contributed by atoms with E-state index < -0.39 is 17.7 Å². The number of halogens is 1. The van der Waals surface area contributed by atoms with Crippen molar-refractivity contribution in [2.45, 2.75) is 45.1 Å². The van der Waals surface area contributed by atoms with Crippen molar-refractivity contribution in [3.05, 3.63) is 58.4 Å². The molecule has 2 N–H and O–H groups in total. The van der Waals surface area contributed by atoms with Crippen LogP contribution in [0.4, 0.5) is 4.39 Å². The fourth-order valence-electron chi connectivity index (χ4n) is 3.25. The van der Waals surface area contributed by atoms with Crippen LogP contribution in [-0.4, -0.2) is 17.9 Å². The van der Waals surface area contributed by atoms with Gasteiger partial charge in [-0.1, -0.05) is 18.2 Å². The molecule has 3 rings (SSSR count). The second kappa shape index (κ2) is 6.70. The number of esters is 1. The van der Waals surface area contributed by atoms with E-state index >= 15 is 0 Å². The average Bonchev–Trinajstić information content (AvgIpc) is 2.53. The fourth-order valence-corrected chi connectivity index (χ4v) is 3.25. The van der Waals surface area contributed by atoms with Gasteiger partial charge in [0, 0.05) is 24.0 Å². The minimum absolute atomic E-state index is 0.0206. The Hall–Kier alpha value is -2.63. The predicted molar refractivity (Wildman–Crippen MR) is 88.6 cm³/mol. The van der Waals surface area contributed by atoms with Crippen molar-refractivity contribution in [3.8, 4) is 0 Å². The number of ether oxygens (including phenoxy) is 2. The summed E-state index contributed by atoms with van der Waals surface area (Å²) in [5, 5.41) is 0. The van der Waals surface area contributed by atoms with Crippen molar-refractivity contribution in [2.24, 2.45) is 5.73 Å². The van der Waals surface area contributed by atoms with Gasteiger partial charge in [0.25, 0.3) is 0 Å². The molecule has 1 atom stereocenters. The molecule has 132 valence electrons. The first-order valence-corrected chi connectivity index (χ1v) is 8.29.